The van der Waals surface area contributed by atoms with Gasteiger partial charge in [0, 0.05) is 0 Å². The second-order valence-electron chi connectivity index (χ2n) is 7.42. The Hall–Kier alpha value is -2.89. The summed E-state index contributed by atoms with van der Waals surface area (Å²) >= 11 is 0. The number of aliphatic hydroxyl groups excluding tert-OH is 4. The number of aromatic hydroxyl groups is 2. The van der Waals surface area contributed by atoms with Gasteiger partial charge < -0.3 is 44.8 Å². The zero-order chi connectivity index (χ0) is 22.3. The van der Waals surface area contributed by atoms with Crippen molar-refractivity contribution in [1.82, 2.24) is 0 Å². The molecule has 6 N–H and O–H groups in total. The van der Waals surface area contributed by atoms with Crippen LogP contribution in [-0.4, -0.2) is 80.3 Å². The van der Waals surface area contributed by atoms with E-state index in [-0.39, 0.29) is 35.2 Å². The molecule has 0 aliphatic carbocycles. The molecule has 0 radical (unpaired) electrons. The van der Waals surface area contributed by atoms with Crippen molar-refractivity contribution in [2.24, 2.45) is 0 Å². The van der Waals surface area contributed by atoms with E-state index in [1.807, 2.05) is 0 Å². The average Bonchev–Trinajstić information content (AvgIpc) is 2.76. The van der Waals surface area contributed by atoms with Crippen molar-refractivity contribution in [3.05, 3.63) is 47.5 Å². The van der Waals surface area contributed by atoms with Crippen LogP contribution in [0.25, 0.3) is 0 Å². The number of rotatable bonds is 4. The number of hydrogen-bond acceptors (Lipinski definition) is 10. The summed E-state index contributed by atoms with van der Waals surface area (Å²) in [7, 11) is 0. The van der Waals surface area contributed by atoms with Crippen LogP contribution < -0.4 is 9.47 Å². The van der Waals surface area contributed by atoms with E-state index in [2.05, 4.69) is 0 Å². The molecule has 1 unspecified atom stereocenters. The van der Waals surface area contributed by atoms with Gasteiger partial charge >= 0.3 is 0 Å². The number of carbonyl (C=O) groups excluding carboxylic acids is 1. The third-order valence-electron chi connectivity index (χ3n) is 5.45. The normalized spacial score (nSPS) is 30.4. The number of benzene rings is 2. The van der Waals surface area contributed by atoms with E-state index in [9.17, 15) is 35.4 Å². The van der Waals surface area contributed by atoms with Crippen molar-refractivity contribution in [1.29, 1.82) is 0 Å². The van der Waals surface area contributed by atoms with Gasteiger partial charge in [0.05, 0.1) is 18.1 Å². The molecule has 2 aromatic carbocycles. The van der Waals surface area contributed by atoms with Gasteiger partial charge in [-0.3, -0.25) is 4.79 Å². The second-order valence-corrected chi connectivity index (χ2v) is 7.42. The van der Waals surface area contributed by atoms with Crippen LogP contribution in [0.5, 0.6) is 23.0 Å². The number of aliphatic hydroxyl groups is 4. The number of carbonyl (C=O) groups is 1. The van der Waals surface area contributed by atoms with Crippen LogP contribution >= 0.6 is 0 Å². The summed E-state index contributed by atoms with van der Waals surface area (Å²) in [6, 6.07) is 8.74. The maximum absolute atomic E-state index is 13.0. The number of fused-ring (bicyclic) bond motifs is 1. The number of phenolic OH excluding ortho intramolecular Hbond substituents is 2. The van der Waals surface area contributed by atoms with Gasteiger partial charge in [0.25, 0.3) is 0 Å². The zero-order valence-corrected chi connectivity index (χ0v) is 16.2. The van der Waals surface area contributed by atoms with E-state index in [1.165, 1.54) is 24.3 Å². The summed E-state index contributed by atoms with van der Waals surface area (Å²) in [4.78, 5) is 13.0. The first-order chi connectivity index (χ1) is 14.8. The molecule has 6 atom stereocenters. The van der Waals surface area contributed by atoms with Gasteiger partial charge in [0.15, 0.2) is 17.3 Å². The molecule has 1 saturated heterocycles. The smallest absolute Gasteiger partial charge is 0.229 e. The average molecular weight is 434 g/mol. The van der Waals surface area contributed by atoms with Gasteiger partial charge in [0.1, 0.15) is 36.8 Å². The fourth-order valence-electron chi connectivity index (χ4n) is 3.67. The lowest BCUT2D eigenvalue weighted by Crippen LogP contribution is -2.60. The third-order valence-corrected chi connectivity index (χ3v) is 5.45. The van der Waals surface area contributed by atoms with Crippen molar-refractivity contribution < 1.29 is 49.6 Å². The largest absolute Gasteiger partial charge is 0.508 e. The molecule has 0 spiro atoms. The lowest BCUT2D eigenvalue weighted by atomic mass is 9.88. The number of hydrogen-bond donors (Lipinski definition) is 6. The van der Waals surface area contributed by atoms with Crippen LogP contribution in [0.1, 0.15) is 21.8 Å². The molecule has 0 amide bonds. The number of Topliss-reactive ketones (excluding diaryl/α,β-unsaturated/α-hetero) is 1. The first-order valence-corrected chi connectivity index (χ1v) is 9.61. The maximum atomic E-state index is 13.0. The quantitative estimate of drug-likeness (QED) is 0.374. The van der Waals surface area contributed by atoms with Gasteiger partial charge in [0.2, 0.25) is 12.0 Å². The van der Waals surface area contributed by atoms with Crippen molar-refractivity contribution in [2.45, 2.75) is 36.6 Å². The Morgan fingerprint density at radius 2 is 1.68 bits per heavy atom. The molecule has 10 heteroatoms. The van der Waals surface area contributed by atoms with E-state index in [0.717, 1.165) is 0 Å². The lowest BCUT2D eigenvalue weighted by Gasteiger charge is -2.40. The van der Waals surface area contributed by atoms with Crippen LogP contribution in [0.3, 0.4) is 0 Å². The molecular formula is C21H22O10. The Labute approximate surface area is 176 Å². The molecule has 0 aromatic heterocycles. The van der Waals surface area contributed by atoms with Gasteiger partial charge in [-0.25, -0.2) is 0 Å². The van der Waals surface area contributed by atoms with Crippen molar-refractivity contribution in [3.63, 3.8) is 0 Å². The van der Waals surface area contributed by atoms with Crippen LogP contribution in [-0.2, 0) is 4.74 Å². The molecule has 166 valence electrons. The summed E-state index contributed by atoms with van der Waals surface area (Å²) in [5.74, 6) is -1.61. The van der Waals surface area contributed by atoms with Crippen LogP contribution in [0.4, 0.5) is 0 Å². The number of phenols is 2. The van der Waals surface area contributed by atoms with Gasteiger partial charge in [-0.2, -0.15) is 0 Å². The predicted molar refractivity (Wildman–Crippen MR) is 103 cm³/mol. The Morgan fingerprint density at radius 3 is 2.35 bits per heavy atom. The van der Waals surface area contributed by atoms with Crippen molar-refractivity contribution >= 4 is 5.78 Å². The molecule has 1 fully saturated rings. The molecular weight excluding hydrogens is 412 g/mol. The molecule has 2 aliphatic rings. The van der Waals surface area contributed by atoms with E-state index >= 15 is 0 Å². The zero-order valence-electron chi connectivity index (χ0n) is 16.2. The Kier molecular flexibility index (Phi) is 5.73. The minimum absolute atomic E-state index is 0.0583. The molecule has 0 saturated carbocycles. The fourth-order valence-corrected chi connectivity index (χ4v) is 3.67. The molecule has 2 heterocycles. The second kappa shape index (κ2) is 8.33. The Balaban J connectivity index is 1.63. The molecule has 0 bridgehead atoms. The van der Waals surface area contributed by atoms with E-state index in [4.69, 9.17) is 14.2 Å². The minimum atomic E-state index is -1.70. The molecule has 10 nitrogen and oxygen atoms in total. The van der Waals surface area contributed by atoms with E-state index < -0.39 is 49.0 Å². The van der Waals surface area contributed by atoms with Gasteiger partial charge in [-0.15, -0.1) is 0 Å². The minimum Gasteiger partial charge on any atom is -0.508 e. The predicted octanol–water partition coefficient (Wildman–Crippen LogP) is -0.365. The van der Waals surface area contributed by atoms with E-state index in [1.54, 1.807) is 12.1 Å². The highest BCUT2D eigenvalue weighted by molar-refractivity contribution is 6.05. The first-order valence-electron chi connectivity index (χ1n) is 9.61. The highest BCUT2D eigenvalue weighted by atomic mass is 16.7. The van der Waals surface area contributed by atoms with Crippen molar-refractivity contribution in [3.8, 4) is 23.0 Å². The van der Waals surface area contributed by atoms with E-state index in [0.29, 0.717) is 5.56 Å². The van der Waals surface area contributed by atoms with Crippen LogP contribution in [0.15, 0.2) is 36.4 Å². The topological polar surface area (TPSA) is 166 Å². The summed E-state index contributed by atoms with van der Waals surface area (Å²) in [6.07, 6.45) is -7.69. The Morgan fingerprint density at radius 1 is 0.968 bits per heavy atom. The monoisotopic (exact) mass is 434 g/mol. The molecule has 2 aliphatic heterocycles. The van der Waals surface area contributed by atoms with Crippen LogP contribution in [0, 0.1) is 0 Å². The van der Waals surface area contributed by atoms with Crippen molar-refractivity contribution in [2.75, 3.05) is 13.2 Å². The van der Waals surface area contributed by atoms with Gasteiger partial charge in [-0.05, 0) is 29.8 Å². The summed E-state index contributed by atoms with van der Waals surface area (Å²) < 4.78 is 16.6. The molecule has 4 rings (SSSR count). The van der Waals surface area contributed by atoms with Crippen LogP contribution in [0.2, 0.25) is 0 Å². The number of ether oxygens (including phenoxy) is 3. The molecule has 2 aromatic rings. The SMILES string of the molecule is O=C1c2ccc(O)c(O[C@@H]3O[C@H](CO)[C@@H](O)[C@H](O)[C@H]3O)c2OCC1c1ccc(O)cc1. The Bertz CT molecular complexity index is 957. The molecule has 31 heavy (non-hydrogen) atoms. The highest BCUT2D eigenvalue weighted by Gasteiger charge is 2.45. The summed E-state index contributed by atoms with van der Waals surface area (Å²) in [5, 5.41) is 59.1. The third kappa shape index (κ3) is 3.80. The highest BCUT2D eigenvalue weighted by Crippen LogP contribution is 2.45. The number of ketones is 1. The summed E-state index contributed by atoms with van der Waals surface area (Å²) in [6.45, 7) is -0.710. The maximum Gasteiger partial charge on any atom is 0.229 e. The summed E-state index contributed by atoms with van der Waals surface area (Å²) in [5.41, 5.74) is 0.764. The fraction of sp³-hybridized carbons (Fsp3) is 0.381. The van der Waals surface area contributed by atoms with Gasteiger partial charge in [-0.1, -0.05) is 12.1 Å². The standard InChI is InChI=1S/C21H22O10/c22-7-14-16(26)17(27)18(28)21(30-14)31-20-13(24)6-5-11-15(25)12(8-29-19(11)20)9-1-3-10(23)4-2-9/h1-6,12,14,16-18,21-24,26-28H,7-8H2/t12?,14-,16-,17+,18-,21+/m1/s1. The lowest BCUT2D eigenvalue weighted by molar-refractivity contribution is -0.277. The first kappa shape index (κ1) is 21.3.